The standard InChI is InChI=1S/C29H26N2O2/c1-21(31-29(33)27-18-14-25(15-19-27)23-10-6-3-7-11-23)20-30-28(32)26-16-12-24(13-17-26)22-8-4-2-5-9-22/h2-19,21H,20H2,1H3,(H,30,32)(H,31,33)/t21-/m0/s1. The van der Waals surface area contributed by atoms with Crippen molar-refractivity contribution in [2.75, 3.05) is 6.54 Å². The minimum absolute atomic E-state index is 0.163. The van der Waals surface area contributed by atoms with Crippen LogP contribution in [-0.2, 0) is 0 Å². The van der Waals surface area contributed by atoms with Crippen LogP contribution in [0.2, 0.25) is 0 Å². The Balaban J connectivity index is 1.28. The maximum absolute atomic E-state index is 12.6. The molecular formula is C29H26N2O2. The zero-order valence-electron chi connectivity index (χ0n) is 18.5. The number of carbonyl (C=O) groups excluding carboxylic acids is 2. The highest BCUT2D eigenvalue weighted by Gasteiger charge is 2.12. The fourth-order valence-electron chi connectivity index (χ4n) is 3.60. The van der Waals surface area contributed by atoms with E-state index in [2.05, 4.69) is 10.6 Å². The largest absolute Gasteiger partial charge is 0.350 e. The summed E-state index contributed by atoms with van der Waals surface area (Å²) in [4.78, 5) is 25.1. The topological polar surface area (TPSA) is 58.2 Å². The third kappa shape index (κ3) is 5.74. The van der Waals surface area contributed by atoms with Crippen LogP contribution in [0.25, 0.3) is 22.3 Å². The van der Waals surface area contributed by atoms with Crippen LogP contribution >= 0.6 is 0 Å². The molecule has 2 amide bonds. The zero-order chi connectivity index (χ0) is 23.0. The summed E-state index contributed by atoms with van der Waals surface area (Å²) in [6.07, 6.45) is 0. The van der Waals surface area contributed by atoms with E-state index >= 15 is 0 Å². The molecule has 4 nitrogen and oxygen atoms in total. The average molecular weight is 435 g/mol. The van der Waals surface area contributed by atoms with Crippen molar-refractivity contribution in [3.05, 3.63) is 120 Å². The number of amides is 2. The molecule has 164 valence electrons. The molecule has 0 aliphatic rings. The van der Waals surface area contributed by atoms with Crippen molar-refractivity contribution in [3.63, 3.8) is 0 Å². The Hall–Kier alpha value is -4.18. The number of rotatable bonds is 7. The second-order valence-electron chi connectivity index (χ2n) is 7.97. The Morgan fingerprint density at radius 2 is 0.970 bits per heavy atom. The van der Waals surface area contributed by atoms with E-state index in [4.69, 9.17) is 0 Å². The van der Waals surface area contributed by atoms with E-state index in [1.165, 1.54) is 0 Å². The van der Waals surface area contributed by atoms with Gasteiger partial charge in [-0.25, -0.2) is 0 Å². The SMILES string of the molecule is C[C@@H](CNC(=O)c1ccc(-c2ccccc2)cc1)NC(=O)c1ccc(-c2ccccc2)cc1. The lowest BCUT2D eigenvalue weighted by Crippen LogP contribution is -2.41. The Morgan fingerprint density at radius 3 is 1.42 bits per heavy atom. The lowest BCUT2D eigenvalue weighted by atomic mass is 10.0. The summed E-state index contributed by atoms with van der Waals surface area (Å²) in [6, 6.07) is 34.9. The number of carbonyl (C=O) groups is 2. The van der Waals surface area contributed by atoms with E-state index in [1.54, 1.807) is 0 Å². The third-order valence-corrected chi connectivity index (χ3v) is 5.45. The average Bonchev–Trinajstić information content (AvgIpc) is 2.88. The van der Waals surface area contributed by atoms with E-state index in [9.17, 15) is 9.59 Å². The van der Waals surface area contributed by atoms with Gasteiger partial charge in [-0.05, 0) is 53.4 Å². The van der Waals surface area contributed by atoms with Crippen LogP contribution in [0.15, 0.2) is 109 Å². The van der Waals surface area contributed by atoms with Gasteiger partial charge in [0.1, 0.15) is 0 Å². The van der Waals surface area contributed by atoms with Gasteiger partial charge in [0.2, 0.25) is 0 Å². The van der Waals surface area contributed by atoms with Gasteiger partial charge in [0.25, 0.3) is 11.8 Å². The molecule has 0 fully saturated rings. The van der Waals surface area contributed by atoms with Crippen LogP contribution in [-0.4, -0.2) is 24.4 Å². The molecule has 2 N–H and O–H groups in total. The Morgan fingerprint density at radius 1 is 0.576 bits per heavy atom. The zero-order valence-corrected chi connectivity index (χ0v) is 18.5. The van der Waals surface area contributed by atoms with Gasteiger partial charge in [0.05, 0.1) is 0 Å². The first-order valence-corrected chi connectivity index (χ1v) is 11.0. The summed E-state index contributed by atoms with van der Waals surface area (Å²) in [7, 11) is 0. The number of benzene rings is 4. The molecule has 0 saturated carbocycles. The van der Waals surface area contributed by atoms with Crippen LogP contribution in [0, 0.1) is 0 Å². The van der Waals surface area contributed by atoms with Gasteiger partial charge in [-0.15, -0.1) is 0 Å². The van der Waals surface area contributed by atoms with Crippen LogP contribution in [0.5, 0.6) is 0 Å². The minimum Gasteiger partial charge on any atom is -0.350 e. The third-order valence-electron chi connectivity index (χ3n) is 5.45. The molecular weight excluding hydrogens is 408 g/mol. The fraction of sp³-hybridized carbons (Fsp3) is 0.103. The Bertz CT molecular complexity index is 1200. The first kappa shape index (κ1) is 22.0. The van der Waals surface area contributed by atoms with Crippen LogP contribution < -0.4 is 10.6 Å². The van der Waals surface area contributed by atoms with Crippen molar-refractivity contribution in [1.29, 1.82) is 0 Å². The molecule has 4 aromatic carbocycles. The van der Waals surface area contributed by atoms with Crippen molar-refractivity contribution in [1.82, 2.24) is 10.6 Å². The fourth-order valence-corrected chi connectivity index (χ4v) is 3.60. The molecule has 0 unspecified atom stereocenters. The molecule has 0 bridgehead atoms. The predicted molar refractivity (Wildman–Crippen MR) is 133 cm³/mol. The summed E-state index contributed by atoms with van der Waals surface area (Å²) < 4.78 is 0. The van der Waals surface area contributed by atoms with Gasteiger partial charge in [0.15, 0.2) is 0 Å². The molecule has 4 aromatic rings. The minimum atomic E-state index is -0.209. The van der Waals surface area contributed by atoms with Gasteiger partial charge in [0, 0.05) is 23.7 Å². The van der Waals surface area contributed by atoms with Crippen molar-refractivity contribution in [3.8, 4) is 22.3 Å². The van der Waals surface area contributed by atoms with Gasteiger partial charge >= 0.3 is 0 Å². The maximum Gasteiger partial charge on any atom is 0.251 e. The second kappa shape index (κ2) is 10.4. The quantitative estimate of drug-likeness (QED) is 0.400. The molecule has 4 rings (SSSR count). The summed E-state index contributed by atoms with van der Waals surface area (Å²) in [5, 5.41) is 5.83. The van der Waals surface area contributed by atoms with E-state index in [0.29, 0.717) is 17.7 Å². The van der Waals surface area contributed by atoms with Crippen molar-refractivity contribution < 1.29 is 9.59 Å². The van der Waals surface area contributed by atoms with Gasteiger partial charge in [-0.1, -0.05) is 84.9 Å². The predicted octanol–water partition coefficient (Wildman–Crippen LogP) is 5.57. The molecule has 1 atom stereocenters. The molecule has 33 heavy (non-hydrogen) atoms. The van der Waals surface area contributed by atoms with Crippen LogP contribution in [0.3, 0.4) is 0 Å². The van der Waals surface area contributed by atoms with Crippen molar-refractivity contribution in [2.24, 2.45) is 0 Å². The monoisotopic (exact) mass is 434 g/mol. The summed E-state index contributed by atoms with van der Waals surface area (Å²) in [5.41, 5.74) is 5.51. The van der Waals surface area contributed by atoms with E-state index in [0.717, 1.165) is 22.3 Å². The first-order chi connectivity index (χ1) is 16.1. The molecule has 0 spiro atoms. The van der Waals surface area contributed by atoms with E-state index in [-0.39, 0.29) is 17.9 Å². The highest BCUT2D eigenvalue weighted by Crippen LogP contribution is 2.20. The molecule has 0 aromatic heterocycles. The molecule has 0 saturated heterocycles. The first-order valence-electron chi connectivity index (χ1n) is 11.0. The van der Waals surface area contributed by atoms with Gasteiger partial charge < -0.3 is 10.6 Å². The molecule has 0 aliphatic heterocycles. The number of nitrogens with one attached hydrogen (secondary N) is 2. The molecule has 0 radical (unpaired) electrons. The molecule has 0 aliphatic carbocycles. The number of hydrogen-bond acceptors (Lipinski definition) is 2. The highest BCUT2D eigenvalue weighted by atomic mass is 16.2. The van der Waals surface area contributed by atoms with Crippen molar-refractivity contribution in [2.45, 2.75) is 13.0 Å². The summed E-state index contributed by atoms with van der Waals surface area (Å²) >= 11 is 0. The second-order valence-corrected chi connectivity index (χ2v) is 7.97. The lowest BCUT2D eigenvalue weighted by molar-refractivity contribution is 0.0912. The van der Waals surface area contributed by atoms with E-state index < -0.39 is 0 Å². The lowest BCUT2D eigenvalue weighted by Gasteiger charge is -2.15. The Kier molecular flexibility index (Phi) is 6.96. The highest BCUT2D eigenvalue weighted by molar-refractivity contribution is 5.96. The number of hydrogen-bond donors (Lipinski definition) is 2. The normalized spacial score (nSPS) is 11.4. The molecule has 4 heteroatoms. The van der Waals surface area contributed by atoms with Crippen LogP contribution in [0.1, 0.15) is 27.6 Å². The Labute approximate surface area is 194 Å². The maximum atomic E-state index is 12.6. The molecule has 0 heterocycles. The van der Waals surface area contributed by atoms with E-state index in [1.807, 2.05) is 116 Å². The van der Waals surface area contributed by atoms with Crippen molar-refractivity contribution >= 4 is 11.8 Å². The summed E-state index contributed by atoms with van der Waals surface area (Å²) in [5.74, 6) is -0.327. The van der Waals surface area contributed by atoms with Gasteiger partial charge in [-0.3, -0.25) is 9.59 Å². The smallest absolute Gasteiger partial charge is 0.251 e. The van der Waals surface area contributed by atoms with Gasteiger partial charge in [-0.2, -0.15) is 0 Å². The van der Waals surface area contributed by atoms with Crippen LogP contribution in [0.4, 0.5) is 0 Å². The summed E-state index contributed by atoms with van der Waals surface area (Å²) in [6.45, 7) is 2.21.